The number of fused-ring (bicyclic) bond motifs is 2. The second-order valence-electron chi connectivity index (χ2n) is 7.92. The number of hydrogen-bond acceptors (Lipinski definition) is 6. The quantitative estimate of drug-likeness (QED) is 0.438. The molecule has 0 bridgehead atoms. The van der Waals surface area contributed by atoms with E-state index < -0.39 is 0 Å². The van der Waals surface area contributed by atoms with Crippen LogP contribution in [-0.4, -0.2) is 43.8 Å². The first-order chi connectivity index (χ1) is 15.7. The van der Waals surface area contributed by atoms with E-state index in [-0.39, 0.29) is 5.97 Å². The van der Waals surface area contributed by atoms with E-state index in [0.717, 1.165) is 47.4 Å². The third kappa shape index (κ3) is 3.99. The number of ether oxygens (including phenoxy) is 1. The number of carbonyl (C=O) groups is 1. The Balaban J connectivity index is 1.45. The molecule has 0 spiro atoms. The summed E-state index contributed by atoms with van der Waals surface area (Å²) in [6.45, 7) is 5.01. The van der Waals surface area contributed by atoms with Gasteiger partial charge in [0.15, 0.2) is 5.69 Å². The summed E-state index contributed by atoms with van der Waals surface area (Å²) in [5.74, 6) is -0.361. The highest BCUT2D eigenvalue weighted by molar-refractivity contribution is 5.89. The molecule has 1 aliphatic rings. The minimum Gasteiger partial charge on any atom is -0.461 e. The van der Waals surface area contributed by atoms with Crippen molar-refractivity contribution in [2.75, 3.05) is 13.2 Å². The normalized spacial score (nSPS) is 13.8. The molecule has 1 aromatic carbocycles. The van der Waals surface area contributed by atoms with E-state index in [4.69, 9.17) is 4.74 Å². The van der Waals surface area contributed by atoms with Crippen LogP contribution in [0.3, 0.4) is 0 Å². The number of esters is 1. The number of rotatable bonds is 6. The van der Waals surface area contributed by atoms with Gasteiger partial charge in [-0.3, -0.25) is 19.5 Å². The monoisotopic (exact) mass is 427 g/mol. The summed E-state index contributed by atoms with van der Waals surface area (Å²) in [5, 5.41) is 5.83. The zero-order valence-electron chi connectivity index (χ0n) is 18.1. The highest BCUT2D eigenvalue weighted by Crippen LogP contribution is 2.26. The zero-order valence-corrected chi connectivity index (χ0v) is 18.1. The van der Waals surface area contributed by atoms with Crippen molar-refractivity contribution in [3.8, 4) is 0 Å². The second kappa shape index (κ2) is 8.88. The molecule has 0 aliphatic carbocycles. The zero-order chi connectivity index (χ0) is 21.9. The minimum absolute atomic E-state index is 0.327. The fourth-order valence-corrected chi connectivity index (χ4v) is 4.35. The van der Waals surface area contributed by atoms with E-state index in [9.17, 15) is 4.79 Å². The molecule has 4 heterocycles. The lowest BCUT2D eigenvalue weighted by Gasteiger charge is -2.28. The Labute approximate surface area is 186 Å². The Morgan fingerprint density at radius 1 is 1.03 bits per heavy atom. The fourth-order valence-electron chi connectivity index (χ4n) is 4.35. The van der Waals surface area contributed by atoms with Crippen molar-refractivity contribution in [2.24, 2.45) is 0 Å². The molecule has 7 heteroatoms. The number of nitrogens with zero attached hydrogens (tertiary/aromatic N) is 5. The number of pyridine rings is 2. The van der Waals surface area contributed by atoms with Crippen molar-refractivity contribution >= 4 is 16.9 Å². The highest BCUT2D eigenvalue weighted by Gasteiger charge is 2.29. The van der Waals surface area contributed by atoms with Gasteiger partial charge in [0.05, 0.1) is 24.4 Å². The Hall–Kier alpha value is -3.58. The van der Waals surface area contributed by atoms with Crippen LogP contribution in [0.5, 0.6) is 0 Å². The first-order valence-corrected chi connectivity index (χ1v) is 10.9. The number of carbonyl (C=O) groups excluding carboxylic acids is 1. The number of aromatic nitrogens is 4. The molecule has 0 N–H and O–H groups in total. The van der Waals surface area contributed by atoms with Gasteiger partial charge in [0, 0.05) is 55.1 Å². The molecule has 0 radical (unpaired) electrons. The molecule has 0 saturated carbocycles. The Bertz CT molecular complexity index is 1250. The van der Waals surface area contributed by atoms with E-state index in [1.54, 1.807) is 6.20 Å². The van der Waals surface area contributed by atoms with Crippen LogP contribution in [0.1, 0.15) is 39.9 Å². The predicted molar refractivity (Wildman–Crippen MR) is 121 cm³/mol. The number of benzene rings is 1. The third-order valence-corrected chi connectivity index (χ3v) is 5.85. The van der Waals surface area contributed by atoms with Crippen LogP contribution in [-0.2, 0) is 30.8 Å². The van der Waals surface area contributed by atoms with Crippen LogP contribution >= 0.6 is 0 Å². The summed E-state index contributed by atoms with van der Waals surface area (Å²) in [6, 6.07) is 16.1. The van der Waals surface area contributed by atoms with E-state index >= 15 is 0 Å². The van der Waals surface area contributed by atoms with Gasteiger partial charge in [0.25, 0.3) is 0 Å². The first-order valence-electron chi connectivity index (χ1n) is 10.9. The van der Waals surface area contributed by atoms with Crippen molar-refractivity contribution in [3.63, 3.8) is 0 Å². The maximum atomic E-state index is 12.7. The van der Waals surface area contributed by atoms with Gasteiger partial charge in [0.2, 0.25) is 0 Å². The van der Waals surface area contributed by atoms with Crippen LogP contribution in [0.25, 0.3) is 10.9 Å². The van der Waals surface area contributed by atoms with Crippen molar-refractivity contribution < 1.29 is 9.53 Å². The highest BCUT2D eigenvalue weighted by atomic mass is 16.5. The molecule has 3 aromatic heterocycles. The van der Waals surface area contributed by atoms with Gasteiger partial charge >= 0.3 is 5.97 Å². The molecule has 0 saturated heterocycles. The van der Waals surface area contributed by atoms with Gasteiger partial charge in [-0.25, -0.2) is 4.79 Å². The molecule has 0 unspecified atom stereocenters. The third-order valence-electron chi connectivity index (χ3n) is 5.85. The predicted octanol–water partition coefficient (Wildman–Crippen LogP) is 3.61. The maximum Gasteiger partial charge on any atom is 0.359 e. The van der Waals surface area contributed by atoms with Gasteiger partial charge in [-0.05, 0) is 36.8 Å². The molecule has 4 aromatic rings. The van der Waals surface area contributed by atoms with E-state index in [0.29, 0.717) is 25.4 Å². The Morgan fingerprint density at radius 2 is 1.91 bits per heavy atom. The van der Waals surface area contributed by atoms with Crippen LogP contribution in [0.2, 0.25) is 0 Å². The van der Waals surface area contributed by atoms with E-state index in [1.807, 2.05) is 54.2 Å². The summed E-state index contributed by atoms with van der Waals surface area (Å²) in [6.07, 6.45) is 4.46. The molecule has 32 heavy (non-hydrogen) atoms. The molecule has 0 fully saturated rings. The van der Waals surface area contributed by atoms with Crippen molar-refractivity contribution in [3.05, 3.63) is 89.1 Å². The minimum atomic E-state index is -0.361. The second-order valence-corrected chi connectivity index (χ2v) is 7.92. The van der Waals surface area contributed by atoms with Crippen LogP contribution in [0.15, 0.2) is 60.9 Å². The van der Waals surface area contributed by atoms with Gasteiger partial charge in [-0.15, -0.1) is 0 Å². The van der Waals surface area contributed by atoms with Gasteiger partial charge < -0.3 is 4.74 Å². The Kier molecular flexibility index (Phi) is 5.64. The number of hydrogen-bond donors (Lipinski definition) is 0. The van der Waals surface area contributed by atoms with Crippen LogP contribution < -0.4 is 0 Å². The van der Waals surface area contributed by atoms with Crippen molar-refractivity contribution in [1.29, 1.82) is 0 Å². The lowest BCUT2D eigenvalue weighted by molar-refractivity contribution is 0.0515. The lowest BCUT2D eigenvalue weighted by Crippen LogP contribution is -2.31. The van der Waals surface area contributed by atoms with Crippen molar-refractivity contribution in [2.45, 2.75) is 33.0 Å². The average molecular weight is 428 g/mol. The lowest BCUT2D eigenvalue weighted by atomic mass is 10.0. The molecule has 0 amide bonds. The number of para-hydroxylation sites is 1. The maximum absolute atomic E-state index is 12.7. The smallest absolute Gasteiger partial charge is 0.359 e. The summed E-state index contributed by atoms with van der Waals surface area (Å²) in [4.78, 5) is 23.9. The van der Waals surface area contributed by atoms with Crippen molar-refractivity contribution in [1.82, 2.24) is 24.6 Å². The Morgan fingerprint density at radius 3 is 2.75 bits per heavy atom. The molecule has 162 valence electrons. The standard InChI is InChI=1S/C25H25N5O2/c1-2-32-25(31)24-21-17-29(15-18-10-13-27-22-9-4-3-8-20(18)22)14-11-23(21)30(28-24)16-19-7-5-6-12-26-19/h3-10,12-13H,2,11,14-17H2,1H3. The summed E-state index contributed by atoms with van der Waals surface area (Å²) < 4.78 is 7.23. The molecular weight excluding hydrogens is 402 g/mol. The SMILES string of the molecule is CCOC(=O)c1nn(Cc2ccccn2)c2c1CN(Cc1ccnc3ccccc13)CC2. The average Bonchev–Trinajstić information content (AvgIpc) is 3.18. The fraction of sp³-hybridized carbons (Fsp3) is 0.280. The largest absolute Gasteiger partial charge is 0.461 e. The molecular formula is C25H25N5O2. The summed E-state index contributed by atoms with van der Waals surface area (Å²) in [7, 11) is 0. The van der Waals surface area contributed by atoms with Crippen LogP contribution in [0.4, 0.5) is 0 Å². The summed E-state index contributed by atoms with van der Waals surface area (Å²) in [5.41, 5.74) is 5.62. The topological polar surface area (TPSA) is 73.1 Å². The first kappa shape index (κ1) is 20.3. The van der Waals surface area contributed by atoms with Gasteiger partial charge in [-0.2, -0.15) is 5.10 Å². The summed E-state index contributed by atoms with van der Waals surface area (Å²) >= 11 is 0. The molecule has 7 nitrogen and oxygen atoms in total. The van der Waals surface area contributed by atoms with E-state index in [1.165, 1.54) is 5.56 Å². The van der Waals surface area contributed by atoms with Crippen LogP contribution in [0, 0.1) is 0 Å². The molecule has 5 rings (SSSR count). The van der Waals surface area contributed by atoms with Gasteiger partial charge in [0.1, 0.15) is 0 Å². The molecule has 1 aliphatic heterocycles. The van der Waals surface area contributed by atoms with Gasteiger partial charge in [-0.1, -0.05) is 24.3 Å². The van der Waals surface area contributed by atoms with E-state index in [2.05, 4.69) is 32.1 Å². The molecule has 0 atom stereocenters.